The van der Waals surface area contributed by atoms with Crippen LogP contribution in [-0.2, 0) is 16.0 Å². The summed E-state index contributed by atoms with van der Waals surface area (Å²) in [6.07, 6.45) is 1.87. The van der Waals surface area contributed by atoms with Crippen molar-refractivity contribution in [3.63, 3.8) is 0 Å². The van der Waals surface area contributed by atoms with Crippen LogP contribution in [0.1, 0.15) is 43.4 Å². The first-order valence-corrected chi connectivity index (χ1v) is 8.43. The van der Waals surface area contributed by atoms with Gasteiger partial charge in [0.25, 0.3) is 0 Å². The van der Waals surface area contributed by atoms with E-state index in [4.69, 9.17) is 0 Å². The molecule has 0 bridgehead atoms. The standard InChI is InChI=1S/C20H20N2O2/c1-11-6-12-4-5-22-18(12)13(7-11)17-14(15(10-21)19(22)24)8-20(2,3)9-16(17)23/h6-7,15H,4-5,8-9H2,1-3H3. The highest BCUT2D eigenvalue weighted by molar-refractivity contribution is 6.27. The number of allylic oxidation sites excluding steroid dienone is 1. The van der Waals surface area contributed by atoms with Gasteiger partial charge in [-0.15, -0.1) is 0 Å². The number of ketones is 1. The smallest absolute Gasteiger partial charge is 0.248 e. The molecule has 1 amide bonds. The zero-order valence-corrected chi connectivity index (χ0v) is 14.3. The van der Waals surface area contributed by atoms with Gasteiger partial charge in [-0.1, -0.05) is 25.5 Å². The Hall–Kier alpha value is -2.41. The van der Waals surface area contributed by atoms with Gasteiger partial charge in [-0.05, 0) is 42.4 Å². The number of hydrogen-bond donors (Lipinski definition) is 0. The Balaban J connectivity index is 2.07. The molecule has 4 rings (SSSR count). The number of carbonyl (C=O) groups excluding carboxylic acids is 2. The molecule has 3 aliphatic rings. The van der Waals surface area contributed by atoms with Crippen molar-refractivity contribution in [2.75, 3.05) is 11.4 Å². The van der Waals surface area contributed by atoms with Crippen LogP contribution in [-0.4, -0.2) is 18.2 Å². The SMILES string of the molecule is Cc1cc2c3c(c1)C1=C(CC(C)(C)CC1=O)C(C#N)C(=O)N3CC2. The Bertz CT molecular complexity index is 870. The second-order valence-corrected chi connectivity index (χ2v) is 7.96. The number of nitrogens with zero attached hydrogens (tertiary/aromatic N) is 2. The number of Topliss-reactive ketones (excluding diaryl/α,β-unsaturated/α-hetero) is 1. The predicted molar refractivity (Wildman–Crippen MR) is 91.3 cm³/mol. The zero-order chi connectivity index (χ0) is 17.2. The summed E-state index contributed by atoms with van der Waals surface area (Å²) < 4.78 is 0. The highest BCUT2D eigenvalue weighted by Crippen LogP contribution is 2.49. The van der Waals surface area contributed by atoms with E-state index in [0.29, 0.717) is 25.0 Å². The van der Waals surface area contributed by atoms with Crippen molar-refractivity contribution in [3.05, 3.63) is 34.4 Å². The third-order valence-electron chi connectivity index (χ3n) is 5.38. The largest absolute Gasteiger partial charge is 0.310 e. The Kier molecular flexibility index (Phi) is 3.02. The Morgan fingerprint density at radius 3 is 2.71 bits per heavy atom. The van der Waals surface area contributed by atoms with Gasteiger partial charge in [0.05, 0.1) is 11.8 Å². The summed E-state index contributed by atoms with van der Waals surface area (Å²) in [6.45, 7) is 6.68. The van der Waals surface area contributed by atoms with Gasteiger partial charge >= 0.3 is 0 Å². The first-order valence-electron chi connectivity index (χ1n) is 8.43. The van der Waals surface area contributed by atoms with Gasteiger partial charge in [0.2, 0.25) is 5.91 Å². The first kappa shape index (κ1) is 15.1. The van der Waals surface area contributed by atoms with Gasteiger partial charge in [-0.3, -0.25) is 9.59 Å². The Labute approximate surface area is 141 Å². The molecular weight excluding hydrogens is 300 g/mol. The molecule has 1 unspecified atom stereocenters. The summed E-state index contributed by atoms with van der Waals surface area (Å²) >= 11 is 0. The van der Waals surface area contributed by atoms with E-state index >= 15 is 0 Å². The number of fused-ring (bicyclic) bond motifs is 1. The fourth-order valence-corrected chi connectivity index (χ4v) is 4.49. The third kappa shape index (κ3) is 1.97. The normalized spacial score (nSPS) is 24.4. The van der Waals surface area contributed by atoms with Gasteiger partial charge in [-0.2, -0.15) is 5.26 Å². The number of rotatable bonds is 0. The molecule has 1 aromatic rings. The maximum Gasteiger partial charge on any atom is 0.248 e. The van der Waals surface area contributed by atoms with Gasteiger partial charge in [-0.25, -0.2) is 0 Å². The van der Waals surface area contributed by atoms with Crippen LogP contribution in [0, 0.1) is 29.6 Å². The van der Waals surface area contributed by atoms with E-state index in [1.54, 1.807) is 4.90 Å². The maximum atomic E-state index is 13.0. The molecule has 1 atom stereocenters. The van der Waals surface area contributed by atoms with Crippen LogP contribution < -0.4 is 4.90 Å². The molecule has 0 fully saturated rings. The van der Waals surface area contributed by atoms with Gasteiger partial charge in [0, 0.05) is 24.1 Å². The van der Waals surface area contributed by atoms with Crippen LogP contribution in [0.25, 0.3) is 5.57 Å². The fourth-order valence-electron chi connectivity index (χ4n) is 4.49. The lowest BCUT2D eigenvalue weighted by molar-refractivity contribution is -0.119. The number of amides is 1. The van der Waals surface area contributed by atoms with Crippen molar-refractivity contribution in [2.24, 2.45) is 11.3 Å². The summed E-state index contributed by atoms with van der Waals surface area (Å²) in [7, 11) is 0. The molecule has 4 heteroatoms. The lowest BCUT2D eigenvalue weighted by Crippen LogP contribution is -2.36. The van der Waals surface area contributed by atoms with E-state index in [-0.39, 0.29) is 17.1 Å². The fraction of sp³-hybridized carbons (Fsp3) is 0.450. The van der Waals surface area contributed by atoms with Crippen LogP contribution in [0.15, 0.2) is 17.7 Å². The van der Waals surface area contributed by atoms with E-state index in [9.17, 15) is 14.9 Å². The molecular formula is C20H20N2O2. The lowest BCUT2D eigenvalue weighted by Gasteiger charge is -2.33. The maximum absolute atomic E-state index is 13.0. The number of nitriles is 1. The number of anilines is 1. The molecule has 1 aromatic carbocycles. The molecule has 0 saturated carbocycles. The Morgan fingerprint density at radius 2 is 2.00 bits per heavy atom. The molecule has 0 saturated heterocycles. The van der Waals surface area contributed by atoms with Gasteiger partial charge in [0.15, 0.2) is 5.78 Å². The van der Waals surface area contributed by atoms with Crippen LogP contribution in [0.5, 0.6) is 0 Å². The van der Waals surface area contributed by atoms with Crippen molar-refractivity contribution in [1.29, 1.82) is 5.26 Å². The molecule has 0 spiro atoms. The first-order chi connectivity index (χ1) is 11.3. The molecule has 0 N–H and O–H groups in total. The highest BCUT2D eigenvalue weighted by atomic mass is 16.2. The topological polar surface area (TPSA) is 61.2 Å². The minimum Gasteiger partial charge on any atom is -0.310 e. The summed E-state index contributed by atoms with van der Waals surface area (Å²) in [5, 5.41) is 9.70. The van der Waals surface area contributed by atoms with Crippen LogP contribution in [0.2, 0.25) is 0 Å². The minimum atomic E-state index is -0.845. The molecule has 2 aliphatic heterocycles. The molecule has 0 aromatic heterocycles. The van der Waals surface area contributed by atoms with Crippen LogP contribution >= 0.6 is 0 Å². The van der Waals surface area contributed by atoms with Gasteiger partial charge < -0.3 is 4.90 Å². The second kappa shape index (κ2) is 4.80. The molecule has 24 heavy (non-hydrogen) atoms. The quantitative estimate of drug-likeness (QED) is 0.737. The summed E-state index contributed by atoms with van der Waals surface area (Å²) in [6, 6.07) is 6.29. The van der Waals surface area contributed by atoms with E-state index < -0.39 is 5.92 Å². The second-order valence-electron chi connectivity index (χ2n) is 7.96. The van der Waals surface area contributed by atoms with E-state index in [0.717, 1.165) is 34.4 Å². The lowest BCUT2D eigenvalue weighted by atomic mass is 9.69. The summed E-state index contributed by atoms with van der Waals surface area (Å²) in [4.78, 5) is 27.7. The van der Waals surface area contributed by atoms with Crippen LogP contribution in [0.3, 0.4) is 0 Å². The number of hydrogen-bond acceptors (Lipinski definition) is 3. The van der Waals surface area contributed by atoms with Gasteiger partial charge in [0.1, 0.15) is 5.92 Å². The van der Waals surface area contributed by atoms with Crippen molar-refractivity contribution in [2.45, 2.75) is 40.0 Å². The third-order valence-corrected chi connectivity index (χ3v) is 5.38. The minimum absolute atomic E-state index is 0.0656. The van der Waals surface area contributed by atoms with Crippen molar-refractivity contribution in [1.82, 2.24) is 0 Å². The van der Waals surface area contributed by atoms with Crippen molar-refractivity contribution >= 4 is 23.0 Å². The molecule has 122 valence electrons. The molecule has 1 aliphatic carbocycles. The number of aryl methyl sites for hydroxylation is 1. The summed E-state index contributed by atoms with van der Waals surface area (Å²) in [5.74, 6) is -0.949. The van der Waals surface area contributed by atoms with Crippen molar-refractivity contribution in [3.8, 4) is 6.07 Å². The number of benzene rings is 1. The van der Waals surface area contributed by atoms with E-state index in [1.807, 2.05) is 26.8 Å². The molecule has 4 nitrogen and oxygen atoms in total. The Morgan fingerprint density at radius 1 is 1.25 bits per heavy atom. The monoisotopic (exact) mass is 320 g/mol. The zero-order valence-electron chi connectivity index (χ0n) is 14.3. The van der Waals surface area contributed by atoms with E-state index in [2.05, 4.69) is 12.1 Å². The predicted octanol–water partition coefficient (Wildman–Crippen LogP) is 3.18. The highest BCUT2D eigenvalue weighted by Gasteiger charge is 2.45. The average molecular weight is 320 g/mol. The van der Waals surface area contributed by atoms with E-state index in [1.165, 1.54) is 0 Å². The van der Waals surface area contributed by atoms with Crippen molar-refractivity contribution < 1.29 is 9.59 Å². The molecule has 2 heterocycles. The average Bonchev–Trinajstić information content (AvgIpc) is 2.85. The summed E-state index contributed by atoms with van der Waals surface area (Å²) in [5.41, 5.74) is 5.09. The molecule has 0 radical (unpaired) electrons. The van der Waals surface area contributed by atoms with Crippen LogP contribution in [0.4, 0.5) is 5.69 Å². The number of carbonyl (C=O) groups is 2.